The number of aromatic nitrogens is 4. The third-order valence-corrected chi connectivity index (χ3v) is 6.98. The molecule has 6 rings (SSSR count). The smallest absolute Gasteiger partial charge is 0.274 e. The summed E-state index contributed by atoms with van der Waals surface area (Å²) in [6.45, 7) is 6.19. The minimum atomic E-state index is -0.0768. The first-order chi connectivity index (χ1) is 17.6. The minimum Gasteiger partial charge on any atom is -0.490 e. The number of rotatable bonds is 6. The SMILES string of the molecule is C=CCOc1ccc(-c2nn(-c3ccccc3)cc2C=c2sc3nc4ccccc4n3c2=O)c(C)c1. The fourth-order valence-electron chi connectivity index (χ4n) is 4.32. The lowest BCUT2D eigenvalue weighted by Crippen LogP contribution is -2.22. The highest BCUT2D eigenvalue weighted by Gasteiger charge is 2.16. The molecule has 7 heteroatoms. The molecule has 0 aliphatic carbocycles. The number of imidazole rings is 1. The molecule has 3 aromatic carbocycles. The molecule has 6 aromatic rings. The highest BCUT2D eigenvalue weighted by Crippen LogP contribution is 2.30. The van der Waals surface area contributed by atoms with Crippen molar-refractivity contribution in [2.24, 2.45) is 0 Å². The van der Waals surface area contributed by atoms with Crippen LogP contribution in [0.2, 0.25) is 0 Å². The zero-order valence-corrected chi connectivity index (χ0v) is 20.4. The van der Waals surface area contributed by atoms with E-state index in [1.165, 1.54) is 11.3 Å². The fraction of sp³-hybridized carbons (Fsp3) is 0.0690. The Bertz CT molecular complexity index is 1850. The second kappa shape index (κ2) is 8.94. The Morgan fingerprint density at radius 1 is 1.06 bits per heavy atom. The van der Waals surface area contributed by atoms with Crippen molar-refractivity contribution >= 4 is 33.4 Å². The second-order valence-corrected chi connectivity index (χ2v) is 9.43. The molecule has 0 unspecified atom stereocenters. The molecular formula is C29H22N4O2S. The van der Waals surface area contributed by atoms with Crippen LogP contribution in [0.15, 0.2) is 96.4 Å². The zero-order valence-electron chi connectivity index (χ0n) is 19.6. The van der Waals surface area contributed by atoms with Gasteiger partial charge in [-0.1, -0.05) is 54.3 Å². The van der Waals surface area contributed by atoms with E-state index in [1.807, 2.05) is 96.7 Å². The summed E-state index contributed by atoms with van der Waals surface area (Å²) < 4.78 is 9.85. The maximum Gasteiger partial charge on any atom is 0.274 e. The Morgan fingerprint density at radius 2 is 1.86 bits per heavy atom. The number of hydrogen-bond donors (Lipinski definition) is 0. The van der Waals surface area contributed by atoms with E-state index < -0.39 is 0 Å². The third-order valence-electron chi connectivity index (χ3n) is 6.02. The number of ether oxygens (including phenoxy) is 1. The van der Waals surface area contributed by atoms with Crippen molar-refractivity contribution in [1.29, 1.82) is 0 Å². The van der Waals surface area contributed by atoms with Gasteiger partial charge in [0.1, 0.15) is 18.1 Å². The molecule has 0 radical (unpaired) electrons. The van der Waals surface area contributed by atoms with E-state index in [4.69, 9.17) is 9.84 Å². The normalized spacial score (nSPS) is 12.0. The highest BCUT2D eigenvalue weighted by atomic mass is 32.1. The van der Waals surface area contributed by atoms with Gasteiger partial charge in [0, 0.05) is 17.3 Å². The largest absolute Gasteiger partial charge is 0.490 e. The van der Waals surface area contributed by atoms with Crippen molar-refractivity contribution in [3.63, 3.8) is 0 Å². The molecule has 6 nitrogen and oxygen atoms in total. The van der Waals surface area contributed by atoms with Crippen molar-refractivity contribution in [2.45, 2.75) is 6.92 Å². The molecule has 0 aliphatic heterocycles. The van der Waals surface area contributed by atoms with Gasteiger partial charge in [0.25, 0.3) is 5.56 Å². The third kappa shape index (κ3) is 3.79. The van der Waals surface area contributed by atoms with Crippen LogP contribution >= 0.6 is 11.3 Å². The number of nitrogens with zero attached hydrogens (tertiary/aromatic N) is 4. The van der Waals surface area contributed by atoms with Crippen LogP contribution in [0.4, 0.5) is 0 Å². The molecule has 0 aliphatic rings. The van der Waals surface area contributed by atoms with Crippen LogP contribution in [0.5, 0.6) is 5.75 Å². The Balaban J connectivity index is 1.54. The molecule has 0 spiro atoms. The first kappa shape index (κ1) is 22.0. The van der Waals surface area contributed by atoms with Crippen molar-refractivity contribution in [2.75, 3.05) is 6.61 Å². The number of hydrogen-bond acceptors (Lipinski definition) is 5. The monoisotopic (exact) mass is 490 g/mol. The summed E-state index contributed by atoms with van der Waals surface area (Å²) in [4.78, 5) is 18.7. The Morgan fingerprint density at radius 3 is 2.67 bits per heavy atom. The van der Waals surface area contributed by atoms with Crippen LogP contribution in [-0.4, -0.2) is 25.8 Å². The lowest BCUT2D eigenvalue weighted by atomic mass is 10.0. The number of benzene rings is 3. The molecule has 0 amide bonds. The minimum absolute atomic E-state index is 0.0768. The molecule has 36 heavy (non-hydrogen) atoms. The lowest BCUT2D eigenvalue weighted by Gasteiger charge is -2.08. The molecule has 0 atom stereocenters. The van der Waals surface area contributed by atoms with Crippen LogP contribution in [0, 0.1) is 6.92 Å². The van der Waals surface area contributed by atoms with Crippen LogP contribution < -0.4 is 14.8 Å². The summed E-state index contributed by atoms with van der Waals surface area (Å²) in [5, 5.41) is 4.93. The Kier molecular flexibility index (Phi) is 5.47. The molecule has 0 bridgehead atoms. The predicted molar refractivity (Wildman–Crippen MR) is 145 cm³/mol. The lowest BCUT2D eigenvalue weighted by molar-refractivity contribution is 0.363. The van der Waals surface area contributed by atoms with Gasteiger partial charge >= 0.3 is 0 Å². The summed E-state index contributed by atoms with van der Waals surface area (Å²) in [5.74, 6) is 0.775. The van der Waals surface area contributed by atoms with Crippen molar-refractivity contribution < 1.29 is 4.74 Å². The maximum atomic E-state index is 13.4. The topological polar surface area (TPSA) is 61.4 Å². The van der Waals surface area contributed by atoms with Crippen molar-refractivity contribution in [3.05, 3.63) is 118 Å². The van der Waals surface area contributed by atoms with Crippen LogP contribution in [-0.2, 0) is 0 Å². The summed E-state index contributed by atoms with van der Waals surface area (Å²) in [7, 11) is 0. The van der Waals surface area contributed by atoms with Gasteiger partial charge < -0.3 is 4.74 Å². The van der Waals surface area contributed by atoms with Gasteiger partial charge in [0.15, 0.2) is 4.96 Å². The van der Waals surface area contributed by atoms with E-state index in [0.29, 0.717) is 16.1 Å². The summed E-state index contributed by atoms with van der Waals surface area (Å²) in [6, 6.07) is 23.6. The van der Waals surface area contributed by atoms with E-state index in [1.54, 1.807) is 10.5 Å². The standard InChI is InChI=1S/C29H22N4O2S/c1-3-15-35-22-13-14-23(19(2)16-22)27-20(18-32(31-27)21-9-5-4-6-10-21)17-26-28(34)33-25-12-8-7-11-24(25)30-29(33)36-26/h3-14,16-18H,1,15H2,2H3. The second-order valence-electron chi connectivity index (χ2n) is 8.42. The van der Waals surface area contributed by atoms with E-state index >= 15 is 0 Å². The molecule has 0 fully saturated rings. The van der Waals surface area contributed by atoms with Crippen molar-refractivity contribution in [3.8, 4) is 22.7 Å². The van der Waals surface area contributed by atoms with Gasteiger partial charge in [0.05, 0.1) is 21.3 Å². The summed E-state index contributed by atoms with van der Waals surface area (Å²) in [5.41, 5.74) is 6.15. The average Bonchev–Trinajstić information content (AvgIpc) is 3.56. The van der Waals surface area contributed by atoms with E-state index in [2.05, 4.69) is 11.6 Å². The number of thiazole rings is 1. The van der Waals surface area contributed by atoms with Gasteiger partial charge in [-0.15, -0.1) is 0 Å². The quantitative estimate of drug-likeness (QED) is 0.302. The molecule has 0 N–H and O–H groups in total. The highest BCUT2D eigenvalue weighted by molar-refractivity contribution is 7.15. The predicted octanol–water partition coefficient (Wildman–Crippen LogP) is 5.18. The first-order valence-electron chi connectivity index (χ1n) is 11.5. The Labute approximate surface area is 211 Å². The fourth-order valence-corrected chi connectivity index (χ4v) is 5.29. The molecule has 3 aromatic heterocycles. The first-order valence-corrected chi connectivity index (χ1v) is 12.4. The van der Waals surface area contributed by atoms with Gasteiger partial charge in [0.2, 0.25) is 0 Å². The van der Waals surface area contributed by atoms with Crippen LogP contribution in [0.1, 0.15) is 11.1 Å². The zero-order chi connectivity index (χ0) is 24.6. The van der Waals surface area contributed by atoms with E-state index in [0.717, 1.165) is 44.9 Å². The van der Waals surface area contributed by atoms with Crippen LogP contribution in [0.3, 0.4) is 0 Å². The Hall–Kier alpha value is -4.49. The molecule has 176 valence electrons. The molecule has 0 saturated heterocycles. The number of para-hydroxylation sites is 3. The van der Waals surface area contributed by atoms with Gasteiger partial charge in [-0.05, 0) is 61.0 Å². The number of fused-ring (bicyclic) bond motifs is 3. The average molecular weight is 491 g/mol. The maximum absolute atomic E-state index is 13.4. The van der Waals surface area contributed by atoms with Gasteiger partial charge in [-0.25, -0.2) is 14.1 Å². The van der Waals surface area contributed by atoms with Crippen molar-refractivity contribution in [1.82, 2.24) is 19.2 Å². The van der Waals surface area contributed by atoms with E-state index in [-0.39, 0.29) is 5.56 Å². The summed E-state index contributed by atoms with van der Waals surface area (Å²) in [6.07, 6.45) is 5.60. The van der Waals surface area contributed by atoms with E-state index in [9.17, 15) is 4.79 Å². The summed E-state index contributed by atoms with van der Waals surface area (Å²) >= 11 is 1.39. The molecule has 0 saturated carbocycles. The number of aryl methyl sites for hydroxylation is 1. The molecule has 3 heterocycles. The van der Waals surface area contributed by atoms with Crippen LogP contribution in [0.25, 0.3) is 39.0 Å². The van der Waals surface area contributed by atoms with Gasteiger partial charge in [-0.2, -0.15) is 5.10 Å². The molecular weight excluding hydrogens is 468 g/mol. The van der Waals surface area contributed by atoms with Gasteiger partial charge in [-0.3, -0.25) is 4.79 Å².